The molecule has 0 spiro atoms. The average Bonchev–Trinajstić information content (AvgIpc) is 3.02. The Morgan fingerprint density at radius 1 is 1.13 bits per heavy atom. The van der Waals surface area contributed by atoms with Crippen LogP contribution in [0.25, 0.3) is 0 Å². The summed E-state index contributed by atoms with van der Waals surface area (Å²) in [5.41, 5.74) is 1.23. The van der Waals surface area contributed by atoms with E-state index in [0.717, 1.165) is 5.56 Å². The highest BCUT2D eigenvalue weighted by atomic mass is 16.6. The van der Waals surface area contributed by atoms with Gasteiger partial charge in [0.1, 0.15) is 0 Å². The minimum absolute atomic E-state index is 0.0221. The third kappa shape index (κ3) is 4.20. The van der Waals surface area contributed by atoms with Crippen molar-refractivity contribution in [1.82, 2.24) is 4.90 Å². The first-order valence-electron chi connectivity index (χ1n) is 9.48. The molecule has 1 atom stereocenters. The van der Waals surface area contributed by atoms with Crippen LogP contribution in [0.4, 0.5) is 5.69 Å². The number of carbonyl (C=O) groups is 2. The molecule has 3 rings (SSSR count). The molecule has 2 aromatic rings. The molecule has 0 fully saturated rings. The van der Waals surface area contributed by atoms with Crippen LogP contribution in [0.5, 0.6) is 11.5 Å². The number of rotatable bonds is 8. The lowest BCUT2D eigenvalue weighted by Gasteiger charge is -2.26. The summed E-state index contributed by atoms with van der Waals surface area (Å²) in [4.78, 5) is 36.7. The van der Waals surface area contributed by atoms with Crippen molar-refractivity contribution in [3.8, 4) is 11.5 Å². The Bertz CT molecular complexity index is 1060. The van der Waals surface area contributed by atoms with E-state index in [2.05, 4.69) is 0 Å². The molecule has 0 radical (unpaired) electrons. The van der Waals surface area contributed by atoms with Gasteiger partial charge in [-0.2, -0.15) is 0 Å². The third-order valence-corrected chi connectivity index (χ3v) is 5.19. The van der Waals surface area contributed by atoms with E-state index in [9.17, 15) is 24.8 Å². The molecule has 1 heterocycles. The number of ketones is 1. The maximum atomic E-state index is 12.7. The van der Waals surface area contributed by atoms with Crippen molar-refractivity contribution in [2.75, 3.05) is 20.8 Å². The Balaban J connectivity index is 1.91. The second-order valence-electron chi connectivity index (χ2n) is 7.01. The Labute approximate surface area is 178 Å². The molecule has 2 aromatic carbocycles. The van der Waals surface area contributed by atoms with E-state index < -0.39 is 28.4 Å². The molecule has 9 nitrogen and oxygen atoms in total. The van der Waals surface area contributed by atoms with Crippen LogP contribution < -0.4 is 9.47 Å². The largest absolute Gasteiger partial charge is 0.503 e. The number of aliphatic hydroxyl groups excluding tert-OH is 1. The van der Waals surface area contributed by atoms with Crippen molar-refractivity contribution in [1.29, 1.82) is 0 Å². The highest BCUT2D eigenvalue weighted by Gasteiger charge is 2.42. The van der Waals surface area contributed by atoms with Crippen molar-refractivity contribution in [2.45, 2.75) is 19.4 Å². The van der Waals surface area contributed by atoms with Gasteiger partial charge in [0.15, 0.2) is 23.0 Å². The lowest BCUT2D eigenvalue weighted by atomic mass is 9.96. The van der Waals surface area contributed by atoms with Gasteiger partial charge in [-0.25, -0.2) is 0 Å². The summed E-state index contributed by atoms with van der Waals surface area (Å²) in [5.74, 6) is -0.574. The summed E-state index contributed by atoms with van der Waals surface area (Å²) < 4.78 is 10.5. The Hall–Kier alpha value is -3.88. The van der Waals surface area contributed by atoms with Crippen LogP contribution >= 0.6 is 0 Å². The maximum absolute atomic E-state index is 12.7. The van der Waals surface area contributed by atoms with Crippen molar-refractivity contribution in [2.24, 2.45) is 0 Å². The molecule has 0 saturated heterocycles. The van der Waals surface area contributed by atoms with E-state index in [4.69, 9.17) is 9.47 Å². The number of methoxy groups -OCH3 is 2. The Morgan fingerprint density at radius 3 is 2.32 bits per heavy atom. The van der Waals surface area contributed by atoms with E-state index in [0.29, 0.717) is 23.5 Å². The predicted molar refractivity (Wildman–Crippen MR) is 111 cm³/mol. The monoisotopic (exact) mass is 426 g/mol. The Morgan fingerprint density at radius 2 is 1.77 bits per heavy atom. The lowest BCUT2D eigenvalue weighted by molar-refractivity contribution is -0.384. The van der Waals surface area contributed by atoms with Gasteiger partial charge >= 0.3 is 0 Å². The van der Waals surface area contributed by atoms with Gasteiger partial charge < -0.3 is 19.5 Å². The van der Waals surface area contributed by atoms with Gasteiger partial charge in [-0.3, -0.25) is 19.7 Å². The van der Waals surface area contributed by atoms with Crippen molar-refractivity contribution < 1.29 is 29.1 Å². The number of hydrogen-bond donors (Lipinski definition) is 1. The second kappa shape index (κ2) is 8.86. The number of carbonyl (C=O) groups excluding carboxylic acids is 2. The average molecular weight is 426 g/mol. The third-order valence-electron chi connectivity index (χ3n) is 5.19. The fraction of sp³-hybridized carbons (Fsp3) is 0.273. The highest BCUT2D eigenvalue weighted by Crippen LogP contribution is 2.38. The normalized spacial score (nSPS) is 15.9. The number of non-ortho nitro benzene ring substituents is 1. The predicted octanol–water partition coefficient (Wildman–Crippen LogP) is 3.14. The number of benzene rings is 2. The first-order valence-corrected chi connectivity index (χ1v) is 9.48. The molecule has 1 aliphatic heterocycles. The molecule has 0 bridgehead atoms. The highest BCUT2D eigenvalue weighted by molar-refractivity contribution is 6.08. The smallest absolute Gasteiger partial charge is 0.290 e. The van der Waals surface area contributed by atoms with E-state index >= 15 is 0 Å². The number of amides is 1. The maximum Gasteiger partial charge on any atom is 0.290 e. The lowest BCUT2D eigenvalue weighted by Crippen LogP contribution is -2.32. The van der Waals surface area contributed by atoms with Gasteiger partial charge in [-0.15, -0.1) is 0 Å². The van der Waals surface area contributed by atoms with Crippen molar-refractivity contribution in [3.05, 3.63) is 75.0 Å². The number of nitrogens with zero attached hydrogens (tertiary/aromatic N) is 2. The standard InChI is InChI=1S/C22H22N2O7/c1-13(25)19-20(15-5-7-16(8-6-15)24(28)29)23(22(27)21(19)26)11-10-14-4-9-17(30-2)18(12-14)31-3/h4-9,12,20,26H,10-11H2,1-3H3. The number of nitro groups is 1. The summed E-state index contributed by atoms with van der Waals surface area (Å²) in [5, 5.41) is 21.3. The van der Waals surface area contributed by atoms with Crippen LogP contribution in [0.1, 0.15) is 24.1 Å². The molecule has 0 aromatic heterocycles. The summed E-state index contributed by atoms with van der Waals surface area (Å²) in [6.45, 7) is 1.48. The first-order chi connectivity index (χ1) is 14.8. The molecule has 0 aliphatic carbocycles. The van der Waals surface area contributed by atoms with E-state index in [1.165, 1.54) is 50.3 Å². The van der Waals surface area contributed by atoms with Gasteiger partial charge in [0.2, 0.25) is 0 Å². The molecular formula is C22H22N2O7. The van der Waals surface area contributed by atoms with Crippen LogP contribution in [0.3, 0.4) is 0 Å². The molecule has 1 unspecified atom stereocenters. The van der Waals surface area contributed by atoms with Crippen molar-refractivity contribution >= 4 is 17.4 Å². The van der Waals surface area contributed by atoms with Crippen LogP contribution in [0.2, 0.25) is 0 Å². The second-order valence-corrected chi connectivity index (χ2v) is 7.01. The number of Topliss-reactive ketones (excluding diaryl/α,β-unsaturated/α-hetero) is 1. The number of hydrogen-bond acceptors (Lipinski definition) is 7. The van der Waals surface area contributed by atoms with Gasteiger partial charge in [0.25, 0.3) is 11.6 Å². The van der Waals surface area contributed by atoms with Gasteiger partial charge in [-0.05, 0) is 48.7 Å². The summed E-state index contributed by atoms with van der Waals surface area (Å²) in [6.07, 6.45) is 0.425. The summed E-state index contributed by atoms with van der Waals surface area (Å²) in [6, 6.07) is 10.1. The van der Waals surface area contributed by atoms with E-state index in [-0.39, 0.29) is 17.8 Å². The van der Waals surface area contributed by atoms with Crippen LogP contribution in [0, 0.1) is 10.1 Å². The number of nitro benzene ring substituents is 1. The summed E-state index contributed by atoms with van der Waals surface area (Å²) in [7, 11) is 3.06. The molecule has 162 valence electrons. The zero-order valence-corrected chi connectivity index (χ0v) is 17.3. The summed E-state index contributed by atoms with van der Waals surface area (Å²) >= 11 is 0. The molecule has 9 heteroatoms. The van der Waals surface area contributed by atoms with E-state index in [1.807, 2.05) is 6.07 Å². The van der Waals surface area contributed by atoms with Gasteiger partial charge in [0, 0.05) is 18.7 Å². The molecule has 31 heavy (non-hydrogen) atoms. The van der Waals surface area contributed by atoms with Gasteiger partial charge in [-0.1, -0.05) is 6.07 Å². The van der Waals surface area contributed by atoms with Gasteiger partial charge in [0.05, 0.1) is 30.8 Å². The topological polar surface area (TPSA) is 119 Å². The Kier molecular flexibility index (Phi) is 6.24. The van der Waals surface area contributed by atoms with Crippen LogP contribution in [-0.4, -0.2) is 47.4 Å². The SMILES string of the molecule is COc1ccc(CCN2C(=O)C(O)=C(C(C)=O)C2c2ccc([N+](=O)[O-])cc2)cc1OC. The molecule has 1 amide bonds. The fourth-order valence-corrected chi connectivity index (χ4v) is 3.65. The van der Waals surface area contributed by atoms with E-state index in [1.54, 1.807) is 12.1 Å². The zero-order chi connectivity index (χ0) is 22.7. The molecule has 1 aliphatic rings. The first kappa shape index (κ1) is 21.8. The quantitative estimate of drug-likeness (QED) is 0.509. The minimum atomic E-state index is -0.828. The molecule has 0 saturated carbocycles. The number of ether oxygens (including phenoxy) is 2. The molecule has 1 N–H and O–H groups in total. The fourth-order valence-electron chi connectivity index (χ4n) is 3.65. The van der Waals surface area contributed by atoms with Crippen molar-refractivity contribution in [3.63, 3.8) is 0 Å². The zero-order valence-electron chi connectivity index (χ0n) is 17.3. The van der Waals surface area contributed by atoms with Crippen LogP contribution in [0.15, 0.2) is 53.8 Å². The number of aliphatic hydroxyl groups is 1. The minimum Gasteiger partial charge on any atom is -0.503 e. The molecular weight excluding hydrogens is 404 g/mol. The van der Waals surface area contributed by atoms with Crippen LogP contribution in [-0.2, 0) is 16.0 Å².